The summed E-state index contributed by atoms with van der Waals surface area (Å²) < 4.78 is 44.2. The number of rotatable bonds is 4. The predicted octanol–water partition coefficient (Wildman–Crippen LogP) is 4.48. The summed E-state index contributed by atoms with van der Waals surface area (Å²) in [5, 5.41) is 3.93. The Morgan fingerprint density at radius 2 is 1.77 bits per heavy atom. The Morgan fingerprint density at radius 3 is 2.42 bits per heavy atom. The molecular formula is C21H18BrF3N4O2. The molecule has 4 rings (SSSR count). The van der Waals surface area contributed by atoms with Gasteiger partial charge in [0.1, 0.15) is 0 Å². The predicted molar refractivity (Wildman–Crippen MR) is 110 cm³/mol. The van der Waals surface area contributed by atoms with E-state index in [1.807, 2.05) is 17.0 Å². The number of nitrogens with zero attached hydrogens (tertiary/aromatic N) is 4. The van der Waals surface area contributed by atoms with E-state index in [4.69, 9.17) is 4.52 Å². The van der Waals surface area contributed by atoms with Crippen LogP contribution in [0.2, 0.25) is 0 Å². The number of alkyl halides is 3. The van der Waals surface area contributed by atoms with Crippen LogP contribution in [0.1, 0.15) is 21.7 Å². The van der Waals surface area contributed by atoms with Gasteiger partial charge in [-0.05, 0) is 42.5 Å². The lowest BCUT2D eigenvalue weighted by Gasteiger charge is -2.34. The molecule has 1 aromatic heterocycles. The standard InChI is InChI=1S/C21H18BrF3N4O2/c22-17-3-1-2-15(12-17)20(30)29-10-8-28(9-11-29)13-18-26-19(31-27-18)14-4-6-16(7-5-14)21(23,24)25/h1-7,12H,8-11,13H2. The van der Waals surface area contributed by atoms with Crippen molar-refractivity contribution in [2.75, 3.05) is 26.2 Å². The van der Waals surface area contributed by atoms with Crippen LogP contribution in [-0.2, 0) is 12.7 Å². The molecule has 1 amide bonds. The number of carbonyl (C=O) groups is 1. The second kappa shape index (κ2) is 8.80. The van der Waals surface area contributed by atoms with Crippen LogP contribution in [0.5, 0.6) is 0 Å². The number of carbonyl (C=O) groups excluding carboxylic acids is 1. The molecule has 0 unspecified atom stereocenters. The zero-order chi connectivity index (χ0) is 22.0. The summed E-state index contributed by atoms with van der Waals surface area (Å²) in [4.78, 5) is 20.8. The van der Waals surface area contributed by atoms with Crippen molar-refractivity contribution in [2.45, 2.75) is 12.7 Å². The smallest absolute Gasteiger partial charge is 0.336 e. The minimum absolute atomic E-state index is 0.00917. The molecule has 31 heavy (non-hydrogen) atoms. The van der Waals surface area contributed by atoms with Gasteiger partial charge in [0.15, 0.2) is 5.82 Å². The molecule has 0 bridgehead atoms. The lowest BCUT2D eigenvalue weighted by Crippen LogP contribution is -2.48. The van der Waals surface area contributed by atoms with E-state index >= 15 is 0 Å². The summed E-state index contributed by atoms with van der Waals surface area (Å²) >= 11 is 3.38. The number of amides is 1. The zero-order valence-corrected chi connectivity index (χ0v) is 17.9. The van der Waals surface area contributed by atoms with Crippen LogP contribution in [0.15, 0.2) is 57.5 Å². The highest BCUT2D eigenvalue weighted by atomic mass is 79.9. The molecule has 2 heterocycles. The van der Waals surface area contributed by atoms with Gasteiger partial charge in [-0.25, -0.2) is 0 Å². The molecule has 6 nitrogen and oxygen atoms in total. The summed E-state index contributed by atoms with van der Waals surface area (Å²) in [6, 6.07) is 11.9. The van der Waals surface area contributed by atoms with E-state index < -0.39 is 11.7 Å². The first-order valence-electron chi connectivity index (χ1n) is 9.57. The van der Waals surface area contributed by atoms with Gasteiger partial charge in [-0.2, -0.15) is 18.2 Å². The maximum atomic E-state index is 12.7. The quantitative estimate of drug-likeness (QED) is 0.535. The summed E-state index contributed by atoms with van der Waals surface area (Å²) in [5.41, 5.74) is 0.338. The van der Waals surface area contributed by atoms with E-state index in [-0.39, 0.29) is 11.8 Å². The van der Waals surface area contributed by atoms with Gasteiger partial charge >= 0.3 is 6.18 Å². The molecule has 1 aliphatic rings. The summed E-state index contributed by atoms with van der Waals surface area (Å²) in [7, 11) is 0. The van der Waals surface area contributed by atoms with Crippen molar-refractivity contribution in [3.05, 3.63) is 70.0 Å². The third kappa shape index (κ3) is 5.13. The number of aromatic nitrogens is 2. The SMILES string of the molecule is O=C(c1cccc(Br)c1)N1CCN(Cc2noc(-c3ccc(C(F)(F)F)cc3)n2)CC1. The maximum Gasteiger partial charge on any atom is 0.416 e. The Balaban J connectivity index is 1.33. The molecule has 0 aliphatic carbocycles. The number of benzene rings is 2. The summed E-state index contributed by atoms with van der Waals surface area (Å²) in [5.74, 6) is 0.610. The highest BCUT2D eigenvalue weighted by molar-refractivity contribution is 9.10. The van der Waals surface area contributed by atoms with Gasteiger partial charge in [-0.1, -0.05) is 27.2 Å². The zero-order valence-electron chi connectivity index (χ0n) is 16.3. The van der Waals surface area contributed by atoms with Gasteiger partial charge in [0.2, 0.25) is 0 Å². The minimum atomic E-state index is -4.39. The van der Waals surface area contributed by atoms with E-state index in [1.165, 1.54) is 12.1 Å². The third-order valence-electron chi connectivity index (χ3n) is 5.02. The number of hydrogen-bond donors (Lipinski definition) is 0. The largest absolute Gasteiger partial charge is 0.416 e. The van der Waals surface area contributed by atoms with E-state index in [2.05, 4.69) is 31.0 Å². The molecular weight excluding hydrogens is 477 g/mol. The fourth-order valence-electron chi connectivity index (χ4n) is 3.35. The Labute approximate surface area is 184 Å². The van der Waals surface area contributed by atoms with Crippen LogP contribution >= 0.6 is 15.9 Å². The molecule has 1 aliphatic heterocycles. The van der Waals surface area contributed by atoms with E-state index in [0.29, 0.717) is 49.7 Å². The second-order valence-corrected chi connectivity index (χ2v) is 8.09. The second-order valence-electron chi connectivity index (χ2n) is 7.17. The van der Waals surface area contributed by atoms with Crippen molar-refractivity contribution in [3.63, 3.8) is 0 Å². The van der Waals surface area contributed by atoms with Crippen molar-refractivity contribution in [1.29, 1.82) is 0 Å². The highest BCUT2D eigenvalue weighted by Crippen LogP contribution is 2.30. The molecule has 10 heteroatoms. The van der Waals surface area contributed by atoms with Gasteiger partial charge < -0.3 is 9.42 Å². The number of halogens is 4. The lowest BCUT2D eigenvalue weighted by atomic mass is 10.1. The molecule has 1 saturated heterocycles. The molecule has 0 saturated carbocycles. The summed E-state index contributed by atoms with van der Waals surface area (Å²) in [6.07, 6.45) is -4.39. The van der Waals surface area contributed by atoms with Crippen molar-refractivity contribution in [3.8, 4) is 11.5 Å². The van der Waals surface area contributed by atoms with Crippen LogP contribution in [-0.4, -0.2) is 52.0 Å². The van der Waals surface area contributed by atoms with E-state index in [9.17, 15) is 18.0 Å². The molecule has 162 valence electrons. The Hall–Kier alpha value is -2.72. The molecule has 0 radical (unpaired) electrons. The Morgan fingerprint density at radius 1 is 1.06 bits per heavy atom. The topological polar surface area (TPSA) is 62.5 Å². The molecule has 1 fully saturated rings. The van der Waals surface area contributed by atoms with Crippen molar-refractivity contribution in [1.82, 2.24) is 19.9 Å². The minimum Gasteiger partial charge on any atom is -0.336 e. The molecule has 0 spiro atoms. The monoisotopic (exact) mass is 494 g/mol. The van der Waals surface area contributed by atoms with Crippen molar-refractivity contribution < 1.29 is 22.5 Å². The molecule has 0 N–H and O–H groups in total. The van der Waals surface area contributed by atoms with Crippen LogP contribution in [0.4, 0.5) is 13.2 Å². The van der Waals surface area contributed by atoms with Gasteiger partial charge in [0.25, 0.3) is 11.8 Å². The molecule has 2 aromatic carbocycles. The first kappa shape index (κ1) is 21.5. The average molecular weight is 495 g/mol. The maximum absolute atomic E-state index is 12.7. The molecule has 0 atom stereocenters. The first-order valence-corrected chi connectivity index (χ1v) is 10.4. The highest BCUT2D eigenvalue weighted by Gasteiger charge is 2.30. The fourth-order valence-corrected chi connectivity index (χ4v) is 3.75. The fraction of sp³-hybridized carbons (Fsp3) is 0.286. The Bertz CT molecular complexity index is 1060. The lowest BCUT2D eigenvalue weighted by molar-refractivity contribution is -0.137. The number of piperazine rings is 1. The normalized spacial score (nSPS) is 15.3. The van der Waals surface area contributed by atoms with Crippen molar-refractivity contribution in [2.24, 2.45) is 0 Å². The van der Waals surface area contributed by atoms with Crippen LogP contribution in [0, 0.1) is 0 Å². The Kier molecular flexibility index (Phi) is 6.10. The van der Waals surface area contributed by atoms with Crippen molar-refractivity contribution >= 4 is 21.8 Å². The van der Waals surface area contributed by atoms with Gasteiger partial charge in [0, 0.05) is 41.8 Å². The van der Waals surface area contributed by atoms with Gasteiger partial charge in [0.05, 0.1) is 12.1 Å². The van der Waals surface area contributed by atoms with E-state index in [0.717, 1.165) is 16.6 Å². The van der Waals surface area contributed by atoms with Gasteiger partial charge in [-0.3, -0.25) is 9.69 Å². The van der Waals surface area contributed by atoms with E-state index in [1.54, 1.807) is 12.1 Å². The van der Waals surface area contributed by atoms with Crippen LogP contribution < -0.4 is 0 Å². The van der Waals surface area contributed by atoms with Crippen LogP contribution in [0.25, 0.3) is 11.5 Å². The average Bonchev–Trinajstić information content (AvgIpc) is 3.22. The summed E-state index contributed by atoms with van der Waals surface area (Å²) in [6.45, 7) is 2.90. The third-order valence-corrected chi connectivity index (χ3v) is 5.52. The van der Waals surface area contributed by atoms with Crippen LogP contribution in [0.3, 0.4) is 0 Å². The first-order chi connectivity index (χ1) is 14.8. The molecule has 3 aromatic rings. The number of hydrogen-bond acceptors (Lipinski definition) is 5. The van der Waals surface area contributed by atoms with Gasteiger partial charge in [-0.15, -0.1) is 0 Å².